The van der Waals surface area contributed by atoms with Gasteiger partial charge in [0.05, 0.1) is 5.56 Å². The molecule has 1 heterocycles. The molecule has 0 atom stereocenters. The van der Waals surface area contributed by atoms with Crippen LogP contribution in [0.5, 0.6) is 0 Å². The molecule has 1 N–H and O–H groups in total. The quantitative estimate of drug-likeness (QED) is 0.903. The van der Waals surface area contributed by atoms with Crippen LogP contribution < -0.4 is 0 Å². The van der Waals surface area contributed by atoms with Crippen molar-refractivity contribution in [3.8, 4) is 0 Å². The molecule has 0 saturated carbocycles. The van der Waals surface area contributed by atoms with Gasteiger partial charge in [0.15, 0.2) is 0 Å². The van der Waals surface area contributed by atoms with Crippen LogP contribution in [0.2, 0.25) is 0 Å². The summed E-state index contributed by atoms with van der Waals surface area (Å²) in [6.07, 6.45) is 2.38. The summed E-state index contributed by atoms with van der Waals surface area (Å²) in [4.78, 5) is 10.8. The second-order valence-corrected chi connectivity index (χ2v) is 6.01. The van der Waals surface area contributed by atoms with E-state index in [0.717, 1.165) is 4.47 Å². The SMILES string of the molecule is O=C(O)c1ccc(C2CCSCC2)c(Br)c1. The number of carbonyl (C=O) groups is 1. The molecule has 0 radical (unpaired) electrons. The third kappa shape index (κ3) is 2.61. The zero-order valence-corrected chi connectivity index (χ0v) is 11.2. The average Bonchev–Trinajstić information content (AvgIpc) is 2.30. The monoisotopic (exact) mass is 300 g/mol. The van der Waals surface area contributed by atoms with Crippen molar-refractivity contribution < 1.29 is 9.90 Å². The number of hydrogen-bond donors (Lipinski definition) is 1. The summed E-state index contributed by atoms with van der Waals surface area (Å²) in [6, 6.07) is 5.36. The maximum atomic E-state index is 10.8. The molecule has 0 aromatic heterocycles. The van der Waals surface area contributed by atoms with Crippen LogP contribution >= 0.6 is 27.7 Å². The Morgan fingerprint density at radius 3 is 2.62 bits per heavy atom. The Hall–Kier alpha value is -0.480. The van der Waals surface area contributed by atoms with Crippen LogP contribution in [-0.2, 0) is 0 Å². The zero-order chi connectivity index (χ0) is 11.5. The van der Waals surface area contributed by atoms with E-state index in [1.54, 1.807) is 12.1 Å². The first-order valence-corrected chi connectivity index (χ1v) is 7.23. The lowest BCUT2D eigenvalue weighted by Gasteiger charge is -2.22. The van der Waals surface area contributed by atoms with E-state index in [9.17, 15) is 4.79 Å². The number of rotatable bonds is 2. The summed E-state index contributed by atoms with van der Waals surface area (Å²) < 4.78 is 0.935. The lowest BCUT2D eigenvalue weighted by molar-refractivity contribution is 0.0697. The minimum Gasteiger partial charge on any atom is -0.478 e. The number of carboxylic acid groups (broad SMARTS) is 1. The third-order valence-electron chi connectivity index (χ3n) is 2.91. The topological polar surface area (TPSA) is 37.3 Å². The highest BCUT2D eigenvalue weighted by molar-refractivity contribution is 9.10. The summed E-state index contributed by atoms with van der Waals surface area (Å²) in [5, 5.41) is 8.89. The number of thioether (sulfide) groups is 1. The fourth-order valence-electron chi connectivity index (χ4n) is 2.00. The fraction of sp³-hybridized carbons (Fsp3) is 0.417. The van der Waals surface area contributed by atoms with Crippen molar-refractivity contribution >= 4 is 33.7 Å². The van der Waals surface area contributed by atoms with Gasteiger partial charge in [0.2, 0.25) is 0 Å². The van der Waals surface area contributed by atoms with Crippen LogP contribution in [0.25, 0.3) is 0 Å². The molecular formula is C12H13BrO2S. The van der Waals surface area contributed by atoms with Crippen molar-refractivity contribution in [3.63, 3.8) is 0 Å². The maximum Gasteiger partial charge on any atom is 0.335 e. The predicted octanol–water partition coefficient (Wildman–Crippen LogP) is 3.76. The summed E-state index contributed by atoms with van der Waals surface area (Å²) in [5.41, 5.74) is 1.60. The lowest BCUT2D eigenvalue weighted by atomic mass is 9.93. The molecule has 2 rings (SSSR count). The van der Waals surface area contributed by atoms with E-state index in [0.29, 0.717) is 11.5 Å². The Kier molecular flexibility index (Phi) is 3.92. The molecule has 1 aliphatic heterocycles. The average molecular weight is 301 g/mol. The van der Waals surface area contributed by atoms with E-state index in [4.69, 9.17) is 5.11 Å². The standard InChI is InChI=1S/C12H13BrO2S/c13-11-7-9(12(14)15)1-2-10(11)8-3-5-16-6-4-8/h1-2,7-8H,3-6H2,(H,14,15). The van der Waals surface area contributed by atoms with E-state index >= 15 is 0 Å². The molecule has 86 valence electrons. The van der Waals surface area contributed by atoms with Gasteiger partial charge >= 0.3 is 5.97 Å². The van der Waals surface area contributed by atoms with Crippen LogP contribution in [0.1, 0.15) is 34.7 Å². The highest BCUT2D eigenvalue weighted by atomic mass is 79.9. The Morgan fingerprint density at radius 1 is 1.38 bits per heavy atom. The Labute approximate surface area is 108 Å². The number of benzene rings is 1. The van der Waals surface area contributed by atoms with Crippen LogP contribution in [0.3, 0.4) is 0 Å². The van der Waals surface area contributed by atoms with Gasteiger partial charge in [0, 0.05) is 4.47 Å². The van der Waals surface area contributed by atoms with Crippen molar-refractivity contribution in [2.24, 2.45) is 0 Å². The highest BCUT2D eigenvalue weighted by Crippen LogP contribution is 2.35. The van der Waals surface area contributed by atoms with Gasteiger partial charge in [-0.2, -0.15) is 11.8 Å². The van der Waals surface area contributed by atoms with E-state index in [2.05, 4.69) is 15.9 Å². The van der Waals surface area contributed by atoms with E-state index in [-0.39, 0.29) is 0 Å². The smallest absolute Gasteiger partial charge is 0.335 e. The number of aromatic carboxylic acids is 1. The molecule has 0 unspecified atom stereocenters. The summed E-state index contributed by atoms with van der Waals surface area (Å²) in [5.74, 6) is 2.13. The molecule has 0 spiro atoms. The fourth-order valence-corrected chi connectivity index (χ4v) is 3.81. The van der Waals surface area contributed by atoms with Gasteiger partial charge in [-0.15, -0.1) is 0 Å². The van der Waals surface area contributed by atoms with Gasteiger partial charge in [0.25, 0.3) is 0 Å². The van der Waals surface area contributed by atoms with E-state index in [1.807, 2.05) is 17.8 Å². The molecule has 1 aromatic rings. The second-order valence-electron chi connectivity index (χ2n) is 3.93. The molecule has 0 aliphatic carbocycles. The molecule has 0 bridgehead atoms. The molecule has 1 fully saturated rings. The molecule has 4 heteroatoms. The maximum absolute atomic E-state index is 10.8. The largest absolute Gasteiger partial charge is 0.478 e. The van der Waals surface area contributed by atoms with Crippen LogP contribution in [0.4, 0.5) is 0 Å². The van der Waals surface area contributed by atoms with Gasteiger partial charge < -0.3 is 5.11 Å². The van der Waals surface area contributed by atoms with Crippen LogP contribution in [0, 0.1) is 0 Å². The number of hydrogen-bond acceptors (Lipinski definition) is 2. The van der Waals surface area contributed by atoms with Crippen molar-refractivity contribution in [1.29, 1.82) is 0 Å². The summed E-state index contributed by atoms with van der Waals surface area (Å²) in [6.45, 7) is 0. The summed E-state index contributed by atoms with van der Waals surface area (Å²) >= 11 is 5.48. The van der Waals surface area contributed by atoms with Gasteiger partial charge in [0.1, 0.15) is 0 Å². The lowest BCUT2D eigenvalue weighted by Crippen LogP contribution is -2.09. The minimum absolute atomic E-state index is 0.348. The number of halogens is 1. The van der Waals surface area contributed by atoms with E-state index in [1.165, 1.54) is 29.9 Å². The molecular weight excluding hydrogens is 288 g/mol. The Bertz CT molecular complexity index is 400. The van der Waals surface area contributed by atoms with E-state index < -0.39 is 5.97 Å². The first-order chi connectivity index (χ1) is 7.68. The molecule has 1 aliphatic rings. The summed E-state index contributed by atoms with van der Waals surface area (Å²) in [7, 11) is 0. The van der Waals surface area contributed by atoms with Crippen molar-refractivity contribution in [2.45, 2.75) is 18.8 Å². The molecule has 1 saturated heterocycles. The Balaban J connectivity index is 2.24. The first kappa shape index (κ1) is 12.0. The van der Waals surface area contributed by atoms with Gasteiger partial charge in [-0.3, -0.25) is 0 Å². The van der Waals surface area contributed by atoms with Crippen LogP contribution in [0.15, 0.2) is 22.7 Å². The van der Waals surface area contributed by atoms with Crippen LogP contribution in [-0.4, -0.2) is 22.6 Å². The third-order valence-corrected chi connectivity index (χ3v) is 4.64. The molecule has 0 amide bonds. The van der Waals surface area contributed by atoms with Crippen molar-refractivity contribution in [2.75, 3.05) is 11.5 Å². The van der Waals surface area contributed by atoms with Gasteiger partial charge in [-0.1, -0.05) is 22.0 Å². The Morgan fingerprint density at radius 2 is 2.06 bits per heavy atom. The van der Waals surface area contributed by atoms with Gasteiger partial charge in [-0.05, 0) is 48.0 Å². The first-order valence-electron chi connectivity index (χ1n) is 5.29. The van der Waals surface area contributed by atoms with Crippen molar-refractivity contribution in [3.05, 3.63) is 33.8 Å². The molecule has 1 aromatic carbocycles. The zero-order valence-electron chi connectivity index (χ0n) is 8.78. The second kappa shape index (κ2) is 5.23. The van der Waals surface area contributed by atoms with Crippen molar-refractivity contribution in [1.82, 2.24) is 0 Å². The highest BCUT2D eigenvalue weighted by Gasteiger charge is 2.18. The molecule has 2 nitrogen and oxygen atoms in total. The normalized spacial score (nSPS) is 17.3. The van der Waals surface area contributed by atoms with Gasteiger partial charge in [-0.25, -0.2) is 4.79 Å². The minimum atomic E-state index is -0.869. The predicted molar refractivity (Wildman–Crippen MR) is 70.4 cm³/mol. The molecule has 16 heavy (non-hydrogen) atoms. The number of carboxylic acids is 1.